The molecule has 2 atom stereocenters. The van der Waals surface area contributed by atoms with Gasteiger partial charge in [0.25, 0.3) is 0 Å². The topological polar surface area (TPSA) is 105 Å². The van der Waals surface area contributed by atoms with Crippen LogP contribution in [0.5, 0.6) is 0 Å². The SMILES string of the molecule is C=CC(=O)OCCCOC(=O)C1CCCCC1C(=O)OCCCOC(=O)C=C. The van der Waals surface area contributed by atoms with E-state index >= 15 is 0 Å². The quantitative estimate of drug-likeness (QED) is 0.214. The molecule has 1 rings (SSSR count). The minimum Gasteiger partial charge on any atom is -0.465 e. The summed E-state index contributed by atoms with van der Waals surface area (Å²) >= 11 is 0. The zero-order chi connectivity index (χ0) is 20.8. The van der Waals surface area contributed by atoms with Gasteiger partial charge in [0.1, 0.15) is 0 Å². The van der Waals surface area contributed by atoms with Crippen molar-refractivity contribution in [2.24, 2.45) is 11.8 Å². The maximum absolute atomic E-state index is 12.3. The van der Waals surface area contributed by atoms with E-state index in [1.807, 2.05) is 0 Å². The van der Waals surface area contributed by atoms with Gasteiger partial charge in [-0.25, -0.2) is 9.59 Å². The first-order valence-electron chi connectivity index (χ1n) is 9.41. The first kappa shape index (κ1) is 23.4. The van der Waals surface area contributed by atoms with Crippen molar-refractivity contribution < 1.29 is 38.1 Å². The molecule has 0 aromatic carbocycles. The number of esters is 4. The maximum atomic E-state index is 12.3. The molecule has 1 fully saturated rings. The lowest BCUT2D eigenvalue weighted by molar-refractivity contribution is -0.163. The van der Waals surface area contributed by atoms with Gasteiger partial charge < -0.3 is 18.9 Å². The lowest BCUT2D eigenvalue weighted by Gasteiger charge is -2.28. The first-order chi connectivity index (χ1) is 13.5. The van der Waals surface area contributed by atoms with Crippen molar-refractivity contribution in [2.75, 3.05) is 26.4 Å². The van der Waals surface area contributed by atoms with Crippen molar-refractivity contribution in [1.29, 1.82) is 0 Å². The molecule has 8 nitrogen and oxygen atoms in total. The second kappa shape index (κ2) is 13.5. The highest BCUT2D eigenvalue weighted by Crippen LogP contribution is 2.32. The van der Waals surface area contributed by atoms with Gasteiger partial charge in [-0.2, -0.15) is 0 Å². The van der Waals surface area contributed by atoms with Gasteiger partial charge in [0.15, 0.2) is 0 Å². The summed E-state index contributed by atoms with van der Waals surface area (Å²) in [6, 6.07) is 0. The molecule has 1 aliphatic carbocycles. The second-order valence-corrected chi connectivity index (χ2v) is 6.28. The van der Waals surface area contributed by atoms with Crippen molar-refractivity contribution in [2.45, 2.75) is 38.5 Å². The van der Waals surface area contributed by atoms with Crippen molar-refractivity contribution >= 4 is 23.9 Å². The molecule has 0 aromatic heterocycles. The first-order valence-corrected chi connectivity index (χ1v) is 9.41. The van der Waals surface area contributed by atoms with Gasteiger partial charge in [-0.05, 0) is 12.8 Å². The Bertz CT molecular complexity index is 519. The molecular weight excluding hydrogens is 368 g/mol. The molecule has 156 valence electrons. The molecule has 0 saturated heterocycles. The zero-order valence-corrected chi connectivity index (χ0v) is 16.1. The average molecular weight is 396 g/mol. The predicted molar refractivity (Wildman–Crippen MR) is 98.9 cm³/mol. The van der Waals surface area contributed by atoms with Crippen molar-refractivity contribution in [3.05, 3.63) is 25.3 Å². The molecule has 0 amide bonds. The van der Waals surface area contributed by atoms with Crippen LogP contribution < -0.4 is 0 Å². The minimum atomic E-state index is -0.532. The van der Waals surface area contributed by atoms with Crippen LogP contribution in [0.3, 0.4) is 0 Å². The summed E-state index contributed by atoms with van der Waals surface area (Å²) in [7, 11) is 0. The molecule has 0 spiro atoms. The highest BCUT2D eigenvalue weighted by Gasteiger charge is 2.37. The van der Waals surface area contributed by atoms with Gasteiger partial charge in [0, 0.05) is 25.0 Å². The van der Waals surface area contributed by atoms with E-state index in [1.54, 1.807) is 0 Å². The van der Waals surface area contributed by atoms with E-state index in [0.29, 0.717) is 25.7 Å². The molecule has 8 heteroatoms. The van der Waals surface area contributed by atoms with E-state index in [4.69, 9.17) is 18.9 Å². The van der Waals surface area contributed by atoms with Gasteiger partial charge in [0.2, 0.25) is 0 Å². The number of hydrogen-bond donors (Lipinski definition) is 0. The van der Waals surface area contributed by atoms with Gasteiger partial charge in [0.05, 0.1) is 38.3 Å². The monoisotopic (exact) mass is 396 g/mol. The van der Waals surface area contributed by atoms with Gasteiger partial charge in [-0.1, -0.05) is 26.0 Å². The van der Waals surface area contributed by atoms with Crippen molar-refractivity contribution in [3.8, 4) is 0 Å². The second-order valence-electron chi connectivity index (χ2n) is 6.28. The van der Waals surface area contributed by atoms with Crippen LogP contribution in [0.25, 0.3) is 0 Å². The molecule has 28 heavy (non-hydrogen) atoms. The van der Waals surface area contributed by atoms with Crippen LogP contribution in [-0.2, 0) is 38.1 Å². The van der Waals surface area contributed by atoms with E-state index in [2.05, 4.69) is 13.2 Å². The molecule has 0 bridgehead atoms. The van der Waals surface area contributed by atoms with Gasteiger partial charge in [-0.15, -0.1) is 0 Å². The van der Waals surface area contributed by atoms with Crippen LogP contribution in [0.1, 0.15) is 38.5 Å². The molecule has 1 aliphatic rings. The van der Waals surface area contributed by atoms with Gasteiger partial charge in [-0.3, -0.25) is 9.59 Å². The Labute approximate surface area is 164 Å². The van der Waals surface area contributed by atoms with Crippen LogP contribution in [0.15, 0.2) is 25.3 Å². The number of hydrogen-bond acceptors (Lipinski definition) is 8. The minimum absolute atomic E-state index is 0.107. The third kappa shape index (κ3) is 8.83. The third-order valence-electron chi connectivity index (χ3n) is 4.26. The van der Waals surface area contributed by atoms with Crippen LogP contribution in [-0.4, -0.2) is 50.3 Å². The standard InChI is InChI=1S/C20H28O8/c1-3-17(21)25-11-7-13-27-19(23)15-9-5-6-10-16(15)20(24)28-14-8-12-26-18(22)4-2/h3-4,15-16H,1-2,5-14H2. The Hall–Kier alpha value is -2.64. The lowest BCUT2D eigenvalue weighted by atomic mass is 9.79. The molecule has 1 saturated carbocycles. The van der Waals surface area contributed by atoms with Crippen LogP contribution >= 0.6 is 0 Å². The van der Waals surface area contributed by atoms with E-state index in [-0.39, 0.29) is 26.4 Å². The van der Waals surface area contributed by atoms with Crippen LogP contribution in [0, 0.1) is 11.8 Å². The normalized spacial score (nSPS) is 18.4. The molecule has 0 aliphatic heterocycles. The van der Waals surface area contributed by atoms with Crippen molar-refractivity contribution in [3.63, 3.8) is 0 Å². The molecule has 0 N–H and O–H groups in total. The summed E-state index contributed by atoms with van der Waals surface area (Å²) in [5.74, 6) is -2.99. The summed E-state index contributed by atoms with van der Waals surface area (Å²) < 4.78 is 20.1. The molecule has 0 radical (unpaired) electrons. The average Bonchev–Trinajstić information content (AvgIpc) is 2.72. The third-order valence-corrected chi connectivity index (χ3v) is 4.26. The highest BCUT2D eigenvalue weighted by molar-refractivity contribution is 5.82. The number of carbonyl (C=O) groups excluding carboxylic acids is 4. The van der Waals surface area contributed by atoms with Crippen LogP contribution in [0.2, 0.25) is 0 Å². The lowest BCUT2D eigenvalue weighted by Crippen LogP contribution is -2.35. The number of ether oxygens (including phenoxy) is 4. The fraction of sp³-hybridized carbons (Fsp3) is 0.600. The summed E-state index contributed by atoms with van der Waals surface area (Å²) in [6.07, 6.45) is 5.70. The molecule has 0 aromatic rings. The Morgan fingerprint density at radius 3 is 1.39 bits per heavy atom. The molecule has 2 unspecified atom stereocenters. The van der Waals surface area contributed by atoms with Crippen LogP contribution in [0.4, 0.5) is 0 Å². The summed E-state index contributed by atoms with van der Waals surface area (Å²) in [6.45, 7) is 7.05. The van der Waals surface area contributed by atoms with Gasteiger partial charge >= 0.3 is 23.9 Å². The van der Waals surface area contributed by atoms with E-state index < -0.39 is 35.7 Å². The number of carbonyl (C=O) groups is 4. The Balaban J connectivity index is 2.34. The summed E-state index contributed by atoms with van der Waals surface area (Å²) in [5, 5.41) is 0. The fourth-order valence-electron chi connectivity index (χ4n) is 2.84. The number of rotatable bonds is 12. The zero-order valence-electron chi connectivity index (χ0n) is 16.1. The molecule has 0 heterocycles. The largest absolute Gasteiger partial charge is 0.465 e. The smallest absolute Gasteiger partial charge is 0.330 e. The highest BCUT2D eigenvalue weighted by atomic mass is 16.6. The van der Waals surface area contributed by atoms with E-state index in [1.165, 1.54) is 0 Å². The summed E-state index contributed by atoms with van der Waals surface area (Å²) in [5.41, 5.74) is 0. The molecular formula is C20H28O8. The summed E-state index contributed by atoms with van der Waals surface area (Å²) in [4.78, 5) is 46.5. The van der Waals surface area contributed by atoms with E-state index in [9.17, 15) is 19.2 Å². The Kier molecular flexibility index (Phi) is 11.3. The Morgan fingerprint density at radius 2 is 1.04 bits per heavy atom. The Morgan fingerprint density at radius 1 is 0.679 bits per heavy atom. The van der Waals surface area contributed by atoms with E-state index in [0.717, 1.165) is 25.0 Å². The predicted octanol–water partition coefficient (Wildman–Crippen LogP) is 2.12. The fourth-order valence-corrected chi connectivity index (χ4v) is 2.84. The van der Waals surface area contributed by atoms with Crippen molar-refractivity contribution in [1.82, 2.24) is 0 Å². The maximum Gasteiger partial charge on any atom is 0.330 e.